The van der Waals surface area contributed by atoms with Gasteiger partial charge in [0.1, 0.15) is 0 Å². The van der Waals surface area contributed by atoms with Crippen LogP contribution in [0.3, 0.4) is 0 Å². The zero-order valence-corrected chi connectivity index (χ0v) is 11.8. The number of nitrogens with zero attached hydrogens (tertiary/aromatic N) is 1. The molecule has 1 N–H and O–H groups in total. The van der Waals surface area contributed by atoms with Crippen molar-refractivity contribution >= 4 is 5.91 Å². The van der Waals surface area contributed by atoms with Crippen LogP contribution in [0.4, 0.5) is 0 Å². The molecule has 0 spiro atoms. The Kier molecular flexibility index (Phi) is 5.30. The maximum absolute atomic E-state index is 12.4. The molecule has 1 aromatic heterocycles. The number of benzene rings is 1. The van der Waals surface area contributed by atoms with E-state index in [-0.39, 0.29) is 11.8 Å². The fraction of sp³-hybridized carbons (Fsp3) is 0.294. The van der Waals surface area contributed by atoms with Gasteiger partial charge in [-0.2, -0.15) is 0 Å². The lowest BCUT2D eigenvalue weighted by molar-refractivity contribution is -0.122. The molecule has 104 valence electrons. The molecule has 1 atom stereocenters. The number of carbonyl (C=O) groups excluding carboxylic acids is 1. The highest BCUT2D eigenvalue weighted by atomic mass is 16.1. The Labute approximate surface area is 120 Å². The quantitative estimate of drug-likeness (QED) is 0.873. The van der Waals surface area contributed by atoms with Gasteiger partial charge in [0.25, 0.3) is 0 Å². The average Bonchev–Trinajstić information content (AvgIpc) is 2.52. The van der Waals surface area contributed by atoms with Crippen molar-refractivity contribution in [3.05, 3.63) is 66.0 Å². The van der Waals surface area contributed by atoms with Crippen molar-refractivity contribution in [3.63, 3.8) is 0 Å². The second kappa shape index (κ2) is 7.43. The lowest BCUT2D eigenvalue weighted by Gasteiger charge is -2.16. The molecule has 0 aliphatic rings. The van der Waals surface area contributed by atoms with Crippen LogP contribution in [0.5, 0.6) is 0 Å². The number of nitrogens with one attached hydrogen (secondary N) is 1. The van der Waals surface area contributed by atoms with Crippen LogP contribution < -0.4 is 5.32 Å². The monoisotopic (exact) mass is 268 g/mol. The van der Waals surface area contributed by atoms with E-state index in [2.05, 4.69) is 17.2 Å². The van der Waals surface area contributed by atoms with Gasteiger partial charge in [0.2, 0.25) is 5.91 Å². The first-order valence-corrected chi connectivity index (χ1v) is 7.04. The van der Waals surface area contributed by atoms with E-state index in [9.17, 15) is 4.79 Å². The van der Waals surface area contributed by atoms with Crippen molar-refractivity contribution in [3.8, 4) is 0 Å². The van der Waals surface area contributed by atoms with Crippen molar-refractivity contribution in [2.24, 2.45) is 0 Å². The second-order valence-corrected chi connectivity index (χ2v) is 4.79. The summed E-state index contributed by atoms with van der Waals surface area (Å²) in [5, 5.41) is 2.98. The van der Waals surface area contributed by atoms with Crippen molar-refractivity contribution in [2.75, 3.05) is 0 Å². The van der Waals surface area contributed by atoms with E-state index in [1.807, 2.05) is 48.5 Å². The molecule has 0 unspecified atom stereocenters. The first kappa shape index (κ1) is 14.3. The minimum Gasteiger partial charge on any atom is -0.350 e. The van der Waals surface area contributed by atoms with Gasteiger partial charge in [0, 0.05) is 6.20 Å². The third kappa shape index (κ3) is 3.92. The predicted molar refractivity (Wildman–Crippen MR) is 80.2 cm³/mol. The third-order valence-corrected chi connectivity index (χ3v) is 3.27. The first-order valence-electron chi connectivity index (χ1n) is 7.04. The first-order chi connectivity index (χ1) is 9.81. The van der Waals surface area contributed by atoms with E-state index in [0.717, 1.165) is 24.1 Å². The lowest BCUT2D eigenvalue weighted by Crippen LogP contribution is -2.29. The van der Waals surface area contributed by atoms with Crippen LogP contribution in [0.2, 0.25) is 0 Å². The van der Waals surface area contributed by atoms with Crippen molar-refractivity contribution in [1.29, 1.82) is 0 Å². The number of hydrogen-bond acceptors (Lipinski definition) is 2. The predicted octanol–water partition coefficient (Wildman–Crippen LogP) is 3.28. The molecule has 0 aliphatic carbocycles. The number of pyridine rings is 1. The number of rotatable bonds is 6. The summed E-state index contributed by atoms with van der Waals surface area (Å²) in [5.74, 6) is -0.00591. The molecule has 3 heteroatoms. The minimum atomic E-state index is -0.0788. The summed E-state index contributed by atoms with van der Waals surface area (Å²) in [5.41, 5.74) is 1.96. The molecule has 2 rings (SSSR count). The number of hydrogen-bond donors (Lipinski definition) is 1. The molecule has 0 saturated heterocycles. The number of aromatic nitrogens is 1. The van der Waals surface area contributed by atoms with Crippen LogP contribution in [0.15, 0.2) is 54.7 Å². The van der Waals surface area contributed by atoms with E-state index >= 15 is 0 Å². The Bertz CT molecular complexity index is 525. The molecule has 3 nitrogen and oxygen atoms in total. The highest BCUT2D eigenvalue weighted by Gasteiger charge is 2.19. The molecule has 0 fully saturated rings. The van der Waals surface area contributed by atoms with E-state index in [1.165, 1.54) is 0 Å². The van der Waals surface area contributed by atoms with E-state index in [0.29, 0.717) is 6.54 Å². The summed E-state index contributed by atoms with van der Waals surface area (Å²) < 4.78 is 0. The van der Waals surface area contributed by atoms with Crippen LogP contribution in [0, 0.1) is 0 Å². The molecule has 2 aromatic rings. The normalized spacial score (nSPS) is 11.8. The Balaban J connectivity index is 2.01. The van der Waals surface area contributed by atoms with Gasteiger partial charge in [-0.1, -0.05) is 49.7 Å². The molecule has 1 amide bonds. The molecule has 1 heterocycles. The maximum Gasteiger partial charge on any atom is 0.227 e. The largest absolute Gasteiger partial charge is 0.350 e. The van der Waals surface area contributed by atoms with Crippen molar-refractivity contribution in [1.82, 2.24) is 10.3 Å². The molecular weight excluding hydrogens is 248 g/mol. The highest BCUT2D eigenvalue weighted by molar-refractivity contribution is 5.83. The van der Waals surface area contributed by atoms with Crippen molar-refractivity contribution < 1.29 is 4.79 Å². The topological polar surface area (TPSA) is 42.0 Å². The minimum absolute atomic E-state index is 0.0729. The summed E-state index contributed by atoms with van der Waals surface area (Å²) >= 11 is 0. The molecular formula is C17H20N2O. The van der Waals surface area contributed by atoms with Crippen LogP contribution >= 0.6 is 0 Å². The Morgan fingerprint density at radius 3 is 2.55 bits per heavy atom. The van der Waals surface area contributed by atoms with Gasteiger partial charge >= 0.3 is 0 Å². The van der Waals surface area contributed by atoms with E-state index in [4.69, 9.17) is 0 Å². The number of amides is 1. The van der Waals surface area contributed by atoms with E-state index in [1.54, 1.807) is 6.20 Å². The standard InChI is InChI=1S/C17H20N2O/c1-2-8-16(14-9-4-3-5-10-14)17(20)19-13-15-11-6-7-12-18-15/h3-7,9-12,16H,2,8,13H2,1H3,(H,19,20)/t16-/m0/s1. The summed E-state index contributed by atoms with van der Waals surface area (Å²) in [7, 11) is 0. The van der Waals surface area contributed by atoms with Crippen LogP contribution in [0.25, 0.3) is 0 Å². The summed E-state index contributed by atoms with van der Waals surface area (Å²) in [6, 6.07) is 15.7. The summed E-state index contributed by atoms with van der Waals surface area (Å²) in [6.45, 7) is 2.58. The molecule has 1 aromatic carbocycles. The summed E-state index contributed by atoms with van der Waals surface area (Å²) in [4.78, 5) is 16.6. The fourth-order valence-corrected chi connectivity index (χ4v) is 2.23. The highest BCUT2D eigenvalue weighted by Crippen LogP contribution is 2.21. The van der Waals surface area contributed by atoms with Crippen LogP contribution in [-0.4, -0.2) is 10.9 Å². The van der Waals surface area contributed by atoms with E-state index < -0.39 is 0 Å². The van der Waals surface area contributed by atoms with Crippen molar-refractivity contribution in [2.45, 2.75) is 32.2 Å². The van der Waals surface area contributed by atoms with Gasteiger partial charge in [-0.3, -0.25) is 9.78 Å². The molecule has 0 radical (unpaired) electrons. The zero-order chi connectivity index (χ0) is 14.2. The van der Waals surface area contributed by atoms with Crippen LogP contribution in [0.1, 0.15) is 36.9 Å². The Hall–Kier alpha value is -2.16. The fourth-order valence-electron chi connectivity index (χ4n) is 2.23. The smallest absolute Gasteiger partial charge is 0.227 e. The molecule has 20 heavy (non-hydrogen) atoms. The number of carbonyl (C=O) groups is 1. The van der Waals surface area contributed by atoms with Gasteiger partial charge in [-0.05, 0) is 24.1 Å². The average molecular weight is 268 g/mol. The molecule has 0 saturated carbocycles. The van der Waals surface area contributed by atoms with Gasteiger partial charge in [-0.15, -0.1) is 0 Å². The lowest BCUT2D eigenvalue weighted by atomic mass is 9.93. The van der Waals surface area contributed by atoms with Gasteiger partial charge in [-0.25, -0.2) is 0 Å². The second-order valence-electron chi connectivity index (χ2n) is 4.79. The summed E-state index contributed by atoms with van der Waals surface area (Å²) in [6.07, 6.45) is 3.58. The third-order valence-electron chi connectivity index (χ3n) is 3.27. The molecule has 0 bridgehead atoms. The van der Waals surface area contributed by atoms with Crippen LogP contribution in [-0.2, 0) is 11.3 Å². The van der Waals surface area contributed by atoms with Gasteiger partial charge < -0.3 is 5.32 Å². The Morgan fingerprint density at radius 2 is 1.90 bits per heavy atom. The Morgan fingerprint density at radius 1 is 1.15 bits per heavy atom. The zero-order valence-electron chi connectivity index (χ0n) is 11.8. The van der Waals surface area contributed by atoms with Gasteiger partial charge in [0.15, 0.2) is 0 Å². The molecule has 0 aliphatic heterocycles. The SMILES string of the molecule is CCC[C@H](C(=O)NCc1ccccn1)c1ccccc1. The maximum atomic E-state index is 12.4. The van der Waals surface area contributed by atoms with Gasteiger partial charge in [0.05, 0.1) is 18.2 Å².